The largest absolute Gasteiger partial charge is 0.375 e. The maximum absolute atomic E-state index is 12.0. The molecule has 3 rings (SSSR count). The highest BCUT2D eigenvalue weighted by Gasteiger charge is 2.07. The second-order valence-corrected chi connectivity index (χ2v) is 7.35. The normalized spacial score (nSPS) is 10.8. The van der Waals surface area contributed by atoms with E-state index in [1.165, 1.54) is 17.4 Å². The van der Waals surface area contributed by atoms with Crippen molar-refractivity contribution in [2.24, 2.45) is 0 Å². The topological polar surface area (TPSA) is 61.0 Å². The molecule has 0 aliphatic rings. The second kappa shape index (κ2) is 8.96. The molecule has 1 heterocycles. The van der Waals surface area contributed by atoms with Crippen molar-refractivity contribution >= 4 is 46.0 Å². The van der Waals surface area contributed by atoms with Gasteiger partial charge in [0.05, 0.1) is 16.8 Å². The van der Waals surface area contributed by atoms with Crippen molar-refractivity contribution in [2.45, 2.75) is 11.6 Å². The summed E-state index contributed by atoms with van der Waals surface area (Å²) in [7, 11) is 2.06. The third-order valence-corrected chi connectivity index (χ3v) is 5.06. The van der Waals surface area contributed by atoms with Gasteiger partial charge in [-0.2, -0.15) is 0 Å². The summed E-state index contributed by atoms with van der Waals surface area (Å²) < 4.78 is 0. The molecule has 0 aliphatic heterocycles. The maximum atomic E-state index is 12.0. The molecule has 5 nitrogen and oxygen atoms in total. The summed E-state index contributed by atoms with van der Waals surface area (Å²) in [5.41, 5.74) is 2.91. The van der Waals surface area contributed by atoms with E-state index in [1.54, 1.807) is 6.07 Å². The molecule has 136 valence electrons. The van der Waals surface area contributed by atoms with Crippen LogP contribution in [-0.2, 0) is 4.79 Å². The van der Waals surface area contributed by atoms with Crippen LogP contribution < -0.4 is 10.2 Å². The van der Waals surface area contributed by atoms with Crippen LogP contribution in [0.25, 0.3) is 11.0 Å². The summed E-state index contributed by atoms with van der Waals surface area (Å²) in [6.07, 6.45) is 0.894. The fourth-order valence-electron chi connectivity index (χ4n) is 2.57. The number of fused-ring (bicyclic) bond motifs is 1. The minimum atomic E-state index is 0.0100. The summed E-state index contributed by atoms with van der Waals surface area (Å²) in [6, 6.07) is 15.7. The van der Waals surface area contributed by atoms with E-state index in [0.29, 0.717) is 17.3 Å². The number of hydrogen-bond donors (Lipinski definition) is 2. The summed E-state index contributed by atoms with van der Waals surface area (Å²) in [5, 5.41) is 4.34. The molecule has 3 aromatic rings. The van der Waals surface area contributed by atoms with E-state index in [1.807, 2.05) is 30.3 Å². The molecule has 0 aliphatic carbocycles. The Morgan fingerprint density at radius 1 is 1.27 bits per heavy atom. The number of carbonyl (C=O) groups is 1. The van der Waals surface area contributed by atoms with Gasteiger partial charge in [0.25, 0.3) is 0 Å². The SMILES string of the molecule is CN(CCCNC(=O)CSc1nc2ccc(Cl)cc2[nH]1)c1ccccc1. The molecular weight excluding hydrogens is 368 g/mol. The Bertz CT molecular complexity index is 868. The van der Waals surface area contributed by atoms with E-state index in [-0.39, 0.29) is 5.91 Å². The van der Waals surface area contributed by atoms with Crippen molar-refractivity contribution in [3.8, 4) is 0 Å². The van der Waals surface area contributed by atoms with Crippen LogP contribution in [0.1, 0.15) is 6.42 Å². The number of imidazole rings is 1. The first kappa shape index (κ1) is 18.6. The number of aromatic nitrogens is 2. The lowest BCUT2D eigenvalue weighted by Crippen LogP contribution is -2.29. The van der Waals surface area contributed by atoms with Gasteiger partial charge < -0.3 is 15.2 Å². The number of aromatic amines is 1. The van der Waals surface area contributed by atoms with E-state index >= 15 is 0 Å². The summed E-state index contributed by atoms with van der Waals surface area (Å²) in [4.78, 5) is 21.8. The highest BCUT2D eigenvalue weighted by atomic mass is 35.5. The zero-order valence-corrected chi connectivity index (χ0v) is 16.1. The zero-order valence-electron chi connectivity index (χ0n) is 14.5. The molecule has 0 atom stereocenters. The average molecular weight is 389 g/mol. The Balaban J connectivity index is 1.37. The van der Waals surface area contributed by atoms with Crippen LogP contribution in [0.3, 0.4) is 0 Å². The summed E-state index contributed by atoms with van der Waals surface area (Å²) >= 11 is 7.35. The van der Waals surface area contributed by atoms with Crippen LogP contribution in [0, 0.1) is 0 Å². The minimum absolute atomic E-state index is 0.0100. The molecule has 2 N–H and O–H groups in total. The lowest BCUT2D eigenvalue weighted by molar-refractivity contribution is -0.118. The van der Waals surface area contributed by atoms with Gasteiger partial charge in [-0.3, -0.25) is 4.79 Å². The van der Waals surface area contributed by atoms with Crippen LogP contribution >= 0.6 is 23.4 Å². The van der Waals surface area contributed by atoms with Gasteiger partial charge in [-0.15, -0.1) is 0 Å². The standard InChI is InChI=1S/C19H21ClN4OS/c1-24(15-6-3-2-4-7-15)11-5-10-21-18(25)13-26-19-22-16-9-8-14(20)12-17(16)23-19/h2-4,6-9,12H,5,10-11,13H2,1H3,(H,21,25)(H,22,23). The molecule has 0 saturated carbocycles. The maximum Gasteiger partial charge on any atom is 0.230 e. The predicted octanol–water partition coefficient (Wildman–Crippen LogP) is 3.95. The number of H-pyrrole nitrogens is 1. The first-order valence-electron chi connectivity index (χ1n) is 8.43. The highest BCUT2D eigenvalue weighted by Crippen LogP contribution is 2.22. The predicted molar refractivity (Wildman–Crippen MR) is 109 cm³/mol. The summed E-state index contributed by atoms with van der Waals surface area (Å²) in [6.45, 7) is 1.55. The van der Waals surface area contributed by atoms with Gasteiger partial charge in [0.2, 0.25) is 5.91 Å². The number of halogens is 1. The Kier molecular flexibility index (Phi) is 6.41. The molecule has 0 fully saturated rings. The molecule has 1 aromatic heterocycles. The van der Waals surface area contributed by atoms with Gasteiger partial charge in [0.1, 0.15) is 0 Å². The lowest BCUT2D eigenvalue weighted by Gasteiger charge is -2.19. The van der Waals surface area contributed by atoms with Gasteiger partial charge in [-0.25, -0.2) is 4.98 Å². The number of nitrogens with zero attached hydrogens (tertiary/aromatic N) is 2. The number of benzene rings is 2. The number of para-hydroxylation sites is 1. The van der Waals surface area contributed by atoms with Crippen LogP contribution in [0.4, 0.5) is 5.69 Å². The van der Waals surface area contributed by atoms with Crippen LogP contribution in [0.15, 0.2) is 53.7 Å². The Labute approximate surface area is 162 Å². The smallest absolute Gasteiger partial charge is 0.230 e. The van der Waals surface area contributed by atoms with Gasteiger partial charge in [-0.1, -0.05) is 41.6 Å². The lowest BCUT2D eigenvalue weighted by atomic mass is 10.3. The molecule has 26 heavy (non-hydrogen) atoms. The van der Waals surface area contributed by atoms with E-state index in [9.17, 15) is 4.79 Å². The zero-order chi connectivity index (χ0) is 18.4. The number of nitrogens with one attached hydrogen (secondary N) is 2. The number of hydrogen-bond acceptors (Lipinski definition) is 4. The molecule has 1 amide bonds. The van der Waals surface area contributed by atoms with Gasteiger partial charge in [0.15, 0.2) is 5.16 Å². The highest BCUT2D eigenvalue weighted by molar-refractivity contribution is 7.99. The fourth-order valence-corrected chi connectivity index (χ4v) is 3.45. The minimum Gasteiger partial charge on any atom is -0.375 e. The van der Waals surface area contributed by atoms with E-state index < -0.39 is 0 Å². The van der Waals surface area contributed by atoms with Crippen LogP contribution in [0.5, 0.6) is 0 Å². The van der Waals surface area contributed by atoms with E-state index in [0.717, 1.165) is 29.2 Å². The number of amides is 1. The van der Waals surface area contributed by atoms with Crippen LogP contribution in [0.2, 0.25) is 5.02 Å². The van der Waals surface area contributed by atoms with E-state index in [2.05, 4.69) is 39.4 Å². The first-order chi connectivity index (χ1) is 12.6. The third-order valence-electron chi connectivity index (χ3n) is 3.95. The molecule has 0 radical (unpaired) electrons. The number of thioether (sulfide) groups is 1. The molecule has 0 unspecified atom stereocenters. The quantitative estimate of drug-likeness (QED) is 0.453. The van der Waals surface area contributed by atoms with Crippen molar-refractivity contribution in [3.05, 3.63) is 53.6 Å². The van der Waals surface area contributed by atoms with Crippen molar-refractivity contribution in [3.63, 3.8) is 0 Å². The molecule has 2 aromatic carbocycles. The monoisotopic (exact) mass is 388 g/mol. The molecular formula is C19H21ClN4OS. The van der Waals surface area contributed by atoms with Gasteiger partial charge in [-0.05, 0) is 36.8 Å². The Morgan fingerprint density at radius 3 is 2.88 bits per heavy atom. The Morgan fingerprint density at radius 2 is 2.08 bits per heavy atom. The molecule has 0 bridgehead atoms. The summed E-state index contributed by atoms with van der Waals surface area (Å²) in [5.74, 6) is 0.345. The second-order valence-electron chi connectivity index (χ2n) is 5.95. The number of carbonyl (C=O) groups excluding carboxylic acids is 1. The van der Waals surface area contributed by atoms with Crippen LogP contribution in [-0.4, -0.2) is 41.8 Å². The third kappa shape index (κ3) is 5.16. The van der Waals surface area contributed by atoms with Gasteiger partial charge >= 0.3 is 0 Å². The first-order valence-corrected chi connectivity index (χ1v) is 9.79. The molecule has 0 spiro atoms. The number of anilines is 1. The average Bonchev–Trinajstić information content (AvgIpc) is 3.06. The number of rotatable bonds is 8. The van der Waals surface area contributed by atoms with Gasteiger partial charge in [0, 0.05) is 30.8 Å². The van der Waals surface area contributed by atoms with Crippen molar-refractivity contribution in [1.82, 2.24) is 15.3 Å². The fraction of sp³-hybridized carbons (Fsp3) is 0.263. The van der Waals surface area contributed by atoms with Crippen molar-refractivity contribution < 1.29 is 4.79 Å². The molecule has 0 saturated heterocycles. The molecule has 7 heteroatoms. The van der Waals surface area contributed by atoms with Crippen molar-refractivity contribution in [2.75, 3.05) is 30.8 Å². The van der Waals surface area contributed by atoms with Crippen molar-refractivity contribution in [1.29, 1.82) is 0 Å². The Hall–Kier alpha value is -2.18. The van der Waals surface area contributed by atoms with E-state index in [4.69, 9.17) is 11.6 Å².